The number of hydrogen-bond acceptors (Lipinski definition) is 4. The van der Waals surface area contributed by atoms with E-state index < -0.39 is 5.97 Å². The Hall–Kier alpha value is -2.08. The third kappa shape index (κ3) is 4.96. The lowest BCUT2D eigenvalue weighted by Gasteiger charge is -2.30. The van der Waals surface area contributed by atoms with Crippen LogP contribution >= 0.6 is 0 Å². The van der Waals surface area contributed by atoms with Gasteiger partial charge in [-0.1, -0.05) is 0 Å². The zero-order valence-electron chi connectivity index (χ0n) is 13.4. The van der Waals surface area contributed by atoms with Crippen molar-refractivity contribution in [2.24, 2.45) is 5.92 Å². The van der Waals surface area contributed by atoms with Crippen molar-refractivity contribution < 1.29 is 24.2 Å². The highest BCUT2D eigenvalue weighted by atomic mass is 16.5. The molecule has 1 fully saturated rings. The number of rotatable bonds is 7. The van der Waals surface area contributed by atoms with Gasteiger partial charge in [0.2, 0.25) is 0 Å². The van der Waals surface area contributed by atoms with Gasteiger partial charge in [0, 0.05) is 38.8 Å². The van der Waals surface area contributed by atoms with Gasteiger partial charge in [0.15, 0.2) is 0 Å². The van der Waals surface area contributed by atoms with Gasteiger partial charge in [-0.25, -0.2) is 0 Å². The van der Waals surface area contributed by atoms with Gasteiger partial charge >= 0.3 is 5.97 Å². The number of carboxylic acid groups (broad SMARTS) is 1. The van der Waals surface area contributed by atoms with E-state index in [-0.39, 0.29) is 11.8 Å². The highest BCUT2D eigenvalue weighted by Crippen LogP contribution is 2.20. The normalized spacial score (nSPS) is 15.4. The molecule has 1 aromatic rings. The van der Waals surface area contributed by atoms with Crippen LogP contribution in [0.15, 0.2) is 24.3 Å². The molecule has 0 radical (unpaired) electrons. The topological polar surface area (TPSA) is 76.1 Å². The lowest BCUT2D eigenvalue weighted by atomic mass is 9.96. The zero-order valence-corrected chi connectivity index (χ0v) is 13.4. The third-order valence-electron chi connectivity index (χ3n) is 3.99. The molecule has 0 aliphatic carbocycles. The predicted octanol–water partition coefficient (Wildman–Crippen LogP) is 2.04. The Morgan fingerprint density at radius 3 is 2.39 bits per heavy atom. The number of carboxylic acids is 1. The maximum Gasteiger partial charge on any atom is 0.306 e. The first kappa shape index (κ1) is 17.3. The van der Waals surface area contributed by atoms with Crippen molar-refractivity contribution in [2.45, 2.75) is 19.3 Å². The summed E-state index contributed by atoms with van der Waals surface area (Å²) in [6.07, 6.45) is 1.85. The van der Waals surface area contributed by atoms with Crippen molar-refractivity contribution in [1.29, 1.82) is 0 Å². The highest BCUT2D eigenvalue weighted by molar-refractivity contribution is 5.94. The van der Waals surface area contributed by atoms with Gasteiger partial charge in [0.05, 0.1) is 12.5 Å². The van der Waals surface area contributed by atoms with Crippen LogP contribution in [0.1, 0.15) is 29.6 Å². The van der Waals surface area contributed by atoms with Crippen LogP contribution in [-0.4, -0.2) is 55.3 Å². The van der Waals surface area contributed by atoms with Crippen molar-refractivity contribution in [3.05, 3.63) is 29.8 Å². The number of piperidine rings is 1. The summed E-state index contributed by atoms with van der Waals surface area (Å²) in [7, 11) is 1.65. The van der Waals surface area contributed by atoms with Gasteiger partial charge in [0.1, 0.15) is 5.75 Å². The van der Waals surface area contributed by atoms with Crippen LogP contribution in [0, 0.1) is 5.92 Å². The number of carbonyl (C=O) groups excluding carboxylic acids is 1. The average Bonchev–Trinajstić information content (AvgIpc) is 2.59. The first-order chi connectivity index (χ1) is 11.1. The summed E-state index contributed by atoms with van der Waals surface area (Å²) < 4.78 is 10.5. The molecule has 6 heteroatoms. The van der Waals surface area contributed by atoms with Crippen LogP contribution < -0.4 is 4.74 Å². The highest BCUT2D eigenvalue weighted by Gasteiger charge is 2.27. The summed E-state index contributed by atoms with van der Waals surface area (Å²) in [6.45, 7) is 2.21. The number of likely N-dealkylation sites (tertiary alicyclic amines) is 1. The van der Waals surface area contributed by atoms with E-state index in [0.29, 0.717) is 44.7 Å². The second-order valence-electron chi connectivity index (χ2n) is 5.62. The van der Waals surface area contributed by atoms with E-state index in [9.17, 15) is 9.59 Å². The molecule has 0 atom stereocenters. The summed E-state index contributed by atoms with van der Waals surface area (Å²) in [5, 5.41) is 8.99. The Labute approximate surface area is 136 Å². The minimum atomic E-state index is -0.771. The second kappa shape index (κ2) is 8.53. The van der Waals surface area contributed by atoms with E-state index in [4.69, 9.17) is 14.6 Å². The maximum absolute atomic E-state index is 12.4. The van der Waals surface area contributed by atoms with Crippen LogP contribution in [0.25, 0.3) is 0 Å². The van der Waals surface area contributed by atoms with Gasteiger partial charge in [0.25, 0.3) is 5.91 Å². The minimum Gasteiger partial charge on any atom is -0.494 e. The first-order valence-electron chi connectivity index (χ1n) is 7.85. The van der Waals surface area contributed by atoms with Crippen molar-refractivity contribution in [3.8, 4) is 5.75 Å². The standard InChI is InChI=1S/C17H23NO5/c1-22-11-2-12-23-15-5-3-13(4-6-15)16(19)18-9-7-14(8-10-18)17(20)21/h3-6,14H,2,7-12H2,1H3,(H,20,21). The number of hydrogen-bond donors (Lipinski definition) is 1. The molecule has 23 heavy (non-hydrogen) atoms. The fourth-order valence-corrected chi connectivity index (χ4v) is 2.60. The van der Waals surface area contributed by atoms with Crippen molar-refractivity contribution in [2.75, 3.05) is 33.4 Å². The number of carbonyl (C=O) groups is 2. The smallest absolute Gasteiger partial charge is 0.306 e. The van der Waals surface area contributed by atoms with E-state index in [0.717, 1.165) is 12.2 Å². The van der Waals surface area contributed by atoms with Gasteiger partial charge < -0.3 is 19.5 Å². The number of ether oxygens (including phenoxy) is 2. The van der Waals surface area contributed by atoms with Crippen LogP contribution in [0.4, 0.5) is 0 Å². The van der Waals surface area contributed by atoms with Gasteiger partial charge in [-0.3, -0.25) is 9.59 Å². The predicted molar refractivity (Wildman–Crippen MR) is 84.7 cm³/mol. The SMILES string of the molecule is COCCCOc1ccc(C(=O)N2CCC(C(=O)O)CC2)cc1. The summed E-state index contributed by atoms with van der Waals surface area (Å²) >= 11 is 0. The molecule has 1 N–H and O–H groups in total. The van der Waals surface area contributed by atoms with Crippen molar-refractivity contribution >= 4 is 11.9 Å². The Balaban J connectivity index is 1.84. The third-order valence-corrected chi connectivity index (χ3v) is 3.99. The molecule has 1 aliphatic rings. The van der Waals surface area contributed by atoms with E-state index in [1.807, 2.05) is 0 Å². The molecule has 1 aromatic carbocycles. The second-order valence-corrected chi connectivity index (χ2v) is 5.62. The van der Waals surface area contributed by atoms with Crippen LogP contribution in [0.5, 0.6) is 5.75 Å². The Morgan fingerprint density at radius 1 is 1.17 bits per heavy atom. The fraction of sp³-hybridized carbons (Fsp3) is 0.529. The molecule has 6 nitrogen and oxygen atoms in total. The van der Waals surface area contributed by atoms with E-state index in [2.05, 4.69) is 0 Å². The van der Waals surface area contributed by atoms with Crippen LogP contribution in [0.3, 0.4) is 0 Å². The molecule has 1 heterocycles. The van der Waals surface area contributed by atoms with Gasteiger partial charge in [-0.05, 0) is 37.1 Å². The molecule has 126 valence electrons. The van der Waals surface area contributed by atoms with Crippen molar-refractivity contribution in [3.63, 3.8) is 0 Å². The molecule has 1 saturated heterocycles. The van der Waals surface area contributed by atoms with Crippen LogP contribution in [-0.2, 0) is 9.53 Å². The number of methoxy groups -OCH3 is 1. The Bertz CT molecular complexity index is 520. The van der Waals surface area contributed by atoms with Gasteiger partial charge in [-0.2, -0.15) is 0 Å². The Kier molecular flexibility index (Phi) is 6.40. The molecular formula is C17H23NO5. The zero-order chi connectivity index (χ0) is 16.7. The molecule has 0 aromatic heterocycles. The Morgan fingerprint density at radius 2 is 1.83 bits per heavy atom. The largest absolute Gasteiger partial charge is 0.494 e. The van der Waals surface area contributed by atoms with Crippen molar-refractivity contribution in [1.82, 2.24) is 4.90 Å². The molecule has 0 spiro atoms. The van der Waals surface area contributed by atoms with Crippen LogP contribution in [0.2, 0.25) is 0 Å². The maximum atomic E-state index is 12.4. The fourth-order valence-electron chi connectivity index (χ4n) is 2.60. The number of nitrogens with zero attached hydrogens (tertiary/aromatic N) is 1. The summed E-state index contributed by atoms with van der Waals surface area (Å²) in [4.78, 5) is 25.1. The molecule has 0 bridgehead atoms. The number of benzene rings is 1. The molecule has 2 rings (SSSR count). The minimum absolute atomic E-state index is 0.0558. The first-order valence-corrected chi connectivity index (χ1v) is 7.85. The lowest BCUT2D eigenvalue weighted by molar-refractivity contribution is -0.143. The molecular weight excluding hydrogens is 298 g/mol. The molecule has 0 saturated carbocycles. The number of aliphatic carboxylic acids is 1. The van der Waals surface area contributed by atoms with Gasteiger partial charge in [-0.15, -0.1) is 0 Å². The van der Waals surface area contributed by atoms with E-state index in [1.54, 1.807) is 36.3 Å². The lowest BCUT2D eigenvalue weighted by Crippen LogP contribution is -2.40. The average molecular weight is 321 g/mol. The summed E-state index contributed by atoms with van der Waals surface area (Å²) in [5.74, 6) is -0.434. The summed E-state index contributed by atoms with van der Waals surface area (Å²) in [5.41, 5.74) is 0.600. The van der Waals surface area contributed by atoms with E-state index >= 15 is 0 Å². The van der Waals surface area contributed by atoms with E-state index in [1.165, 1.54) is 0 Å². The molecule has 1 aliphatic heterocycles. The molecule has 1 amide bonds. The summed E-state index contributed by atoms with van der Waals surface area (Å²) in [6, 6.07) is 7.06. The molecule has 0 unspecified atom stereocenters. The number of amides is 1. The monoisotopic (exact) mass is 321 g/mol. The quantitative estimate of drug-likeness (QED) is 0.778.